The minimum absolute atomic E-state index is 1.30. The van der Waals surface area contributed by atoms with Crippen molar-refractivity contribution >= 4 is 86.1 Å². The number of halogens is 1. The second-order valence-corrected chi connectivity index (χ2v) is 59.6. The van der Waals surface area contributed by atoms with Gasteiger partial charge in [0, 0.05) is 0 Å². The zero-order valence-electron chi connectivity index (χ0n) is 41.0. The molecule has 0 aromatic heterocycles. The van der Waals surface area contributed by atoms with Crippen molar-refractivity contribution in [2.24, 2.45) is 0 Å². The molecule has 0 aliphatic rings. The Morgan fingerprint density at radius 3 is 0.441 bits per heavy atom. The number of hydrogen-bond acceptors (Lipinski definition) is 0. The van der Waals surface area contributed by atoms with E-state index in [4.69, 9.17) is 0 Å². The maximum absolute atomic E-state index is 3.52. The van der Waals surface area contributed by atoms with Gasteiger partial charge in [-0.05, 0) is 0 Å². The average molecular weight is 1100 g/mol. The Hall–Kier alpha value is -4.49. The normalized spacial score (nSPS) is 14.1. The Bertz CT molecular complexity index is 2620. The molecule has 0 unspecified atom stereocenters. The predicted octanol–water partition coefficient (Wildman–Crippen LogP) is 13.2. The van der Waals surface area contributed by atoms with Gasteiger partial charge in [-0.1, -0.05) is 0 Å². The first-order valence-corrected chi connectivity index (χ1v) is 37.3. The molecule has 0 N–H and O–H groups in total. The Morgan fingerprint density at radius 2 is 0.338 bits per heavy atom. The predicted molar refractivity (Wildman–Crippen MR) is 316 cm³/mol. The third-order valence-electron chi connectivity index (χ3n) is 13.7. The molecule has 5 heteroatoms. The van der Waals surface area contributed by atoms with Gasteiger partial charge in [0.05, 0.1) is 0 Å². The van der Waals surface area contributed by atoms with Crippen LogP contribution in [0.2, 0.25) is 0 Å². The fraction of sp³-hybridized carbons (Fsp3) is 0.143. The molecule has 349 valence electrons. The summed E-state index contributed by atoms with van der Waals surface area (Å²) in [5, 5.41) is 13.4. The van der Waals surface area contributed by atoms with Crippen molar-refractivity contribution in [3.8, 4) is 0 Å². The van der Waals surface area contributed by atoms with Gasteiger partial charge in [-0.15, -0.1) is 0 Å². The molecular formula is C63H66CoIP3. The summed E-state index contributed by atoms with van der Waals surface area (Å²) in [4.78, 5) is 0. The quantitative estimate of drug-likeness (QED) is 0.0845. The van der Waals surface area contributed by atoms with E-state index in [9.17, 15) is 0 Å². The average Bonchev–Trinajstić information content (AvgIpc) is 3.30. The summed E-state index contributed by atoms with van der Waals surface area (Å²) in [5.74, 6) is -10.6. The fourth-order valence-corrected chi connectivity index (χ4v) is 103. The van der Waals surface area contributed by atoms with E-state index in [-0.39, 0.29) is 0 Å². The second-order valence-electron chi connectivity index (χ2n) is 19.1. The number of hydrogen-bond donors (Lipinski definition) is 0. The fourth-order valence-electron chi connectivity index (χ4n) is 10.9. The van der Waals surface area contributed by atoms with E-state index in [1.165, 1.54) is 97.8 Å². The van der Waals surface area contributed by atoms with Gasteiger partial charge in [-0.25, -0.2) is 0 Å². The summed E-state index contributed by atoms with van der Waals surface area (Å²) in [6, 6.07) is 89.1. The summed E-state index contributed by atoms with van der Waals surface area (Å²) in [5.41, 5.74) is 11.7. The standard InChI is InChI=1S/3C21H21P.Co.HI/c3*1-16-7-4-10-19(13-16)22(20-11-5-8-17(2)14-20)21-12-6-9-18(3)15-21;;/h3*4-15H,1-3H3;;1H/q;;;-2;/p+2. The summed E-state index contributed by atoms with van der Waals surface area (Å²) < 4.78 is 0. The summed E-state index contributed by atoms with van der Waals surface area (Å²) >= 11 is 3.45. The molecule has 9 aromatic rings. The zero-order valence-corrected chi connectivity index (χ0v) is 47.2. The Labute approximate surface area is 421 Å². The van der Waals surface area contributed by atoms with Crippen molar-refractivity contribution in [2.75, 3.05) is 0 Å². The van der Waals surface area contributed by atoms with Gasteiger partial charge in [0.2, 0.25) is 0 Å². The topological polar surface area (TPSA) is 0 Å². The van der Waals surface area contributed by atoms with Gasteiger partial charge in [0.25, 0.3) is 0 Å². The molecule has 0 nitrogen and oxygen atoms in total. The first-order chi connectivity index (χ1) is 32.7. The molecule has 0 fully saturated rings. The molecule has 0 heterocycles. The molecule has 9 rings (SSSR count). The van der Waals surface area contributed by atoms with Crippen LogP contribution in [0.5, 0.6) is 0 Å². The van der Waals surface area contributed by atoms with Gasteiger partial charge < -0.3 is 0 Å². The van der Waals surface area contributed by atoms with Crippen LogP contribution in [0.25, 0.3) is 0 Å². The van der Waals surface area contributed by atoms with Crippen LogP contribution in [-0.2, 0) is 8.09 Å². The molecule has 0 aliphatic carbocycles. The molecular weight excluding hydrogens is 1040 g/mol. The molecule has 0 spiro atoms. The molecule has 0 saturated carbocycles. The van der Waals surface area contributed by atoms with Crippen molar-refractivity contribution in [3.05, 3.63) is 268 Å². The first-order valence-electron chi connectivity index (χ1n) is 23.8. The van der Waals surface area contributed by atoms with E-state index >= 15 is 0 Å². The third-order valence-corrected chi connectivity index (χ3v) is 81.8. The Morgan fingerprint density at radius 1 is 0.221 bits per heavy atom. The van der Waals surface area contributed by atoms with E-state index in [0.29, 0.717) is 0 Å². The summed E-state index contributed by atoms with van der Waals surface area (Å²) in [6.45, 7) is 20.9. The zero-order chi connectivity index (χ0) is 47.8. The molecule has 0 aliphatic heterocycles. The molecule has 0 amide bonds. The van der Waals surface area contributed by atoms with Crippen molar-refractivity contribution < 1.29 is 8.09 Å². The van der Waals surface area contributed by atoms with Crippen LogP contribution in [0.3, 0.4) is 0 Å². The van der Waals surface area contributed by atoms with E-state index in [1.807, 2.05) is 0 Å². The van der Waals surface area contributed by atoms with E-state index in [1.54, 1.807) is 0 Å². The van der Waals surface area contributed by atoms with Gasteiger partial charge in [-0.2, -0.15) is 0 Å². The third kappa shape index (κ3) is 8.12. The van der Waals surface area contributed by atoms with E-state index in [0.717, 1.165) is 0 Å². The number of rotatable bonds is 12. The summed E-state index contributed by atoms with van der Waals surface area (Å²) in [6.07, 6.45) is 0. The second kappa shape index (κ2) is 19.7. The van der Waals surface area contributed by atoms with Crippen LogP contribution in [0.4, 0.5) is 0 Å². The van der Waals surface area contributed by atoms with Crippen LogP contribution in [0.15, 0.2) is 218 Å². The van der Waals surface area contributed by atoms with Gasteiger partial charge in [-0.3, -0.25) is 0 Å². The molecule has 0 radical (unpaired) electrons. The van der Waals surface area contributed by atoms with Crippen LogP contribution in [0, 0.1) is 62.3 Å². The Balaban J connectivity index is 1.79. The molecule has 0 bridgehead atoms. The Kier molecular flexibility index (Phi) is 14.1. The van der Waals surface area contributed by atoms with E-state index < -0.39 is 26.1 Å². The van der Waals surface area contributed by atoms with Crippen molar-refractivity contribution in [3.63, 3.8) is 0 Å². The van der Waals surface area contributed by atoms with Gasteiger partial charge in [0.1, 0.15) is 0 Å². The first kappa shape index (κ1) is 48.5. The molecule has 0 saturated heterocycles. The van der Waals surface area contributed by atoms with Crippen molar-refractivity contribution in [1.29, 1.82) is 0 Å². The van der Waals surface area contributed by atoms with Crippen molar-refractivity contribution in [1.82, 2.24) is 0 Å². The maximum atomic E-state index is 3.45. The van der Waals surface area contributed by atoms with Crippen LogP contribution in [-0.4, -0.2) is 0 Å². The monoisotopic (exact) mass is 1100 g/mol. The van der Waals surface area contributed by atoms with Crippen LogP contribution < -0.4 is 47.7 Å². The van der Waals surface area contributed by atoms with Crippen molar-refractivity contribution in [2.45, 2.75) is 62.3 Å². The van der Waals surface area contributed by atoms with Gasteiger partial charge in [0.15, 0.2) is 0 Å². The molecule has 68 heavy (non-hydrogen) atoms. The SMILES string of the molecule is Cc1cccc([PH](c2cccc(C)c2)(c2cccc(C)c2)[Co]([I])([PH](c2cccc(C)c2)(c2cccc(C)c2)c2cccc(C)c2)[PH](c2cccc(C)c2)(c2cccc(C)c2)c2cccc(C)c2)c1. The number of aryl methyl sites for hydroxylation is 9. The molecule has 9 aromatic carbocycles. The number of benzene rings is 9. The van der Waals surface area contributed by atoms with Gasteiger partial charge >= 0.3 is 425 Å². The summed E-state index contributed by atoms with van der Waals surface area (Å²) in [7, 11) is -2.94. The van der Waals surface area contributed by atoms with Crippen LogP contribution >= 0.6 is 38.4 Å². The molecule has 0 atom stereocenters. The van der Waals surface area contributed by atoms with E-state index in [2.05, 4.69) is 301 Å². The minimum atomic E-state index is -3.52. The van der Waals surface area contributed by atoms with Crippen LogP contribution in [0.1, 0.15) is 50.1 Å².